The highest BCUT2D eigenvalue weighted by Gasteiger charge is 2.28. The van der Waals surface area contributed by atoms with E-state index in [9.17, 15) is 9.50 Å². The van der Waals surface area contributed by atoms with E-state index in [0.717, 1.165) is 23.2 Å². The van der Waals surface area contributed by atoms with Gasteiger partial charge in [0.25, 0.3) is 0 Å². The zero-order valence-corrected chi connectivity index (χ0v) is 20.6. The number of hydrogen-bond acceptors (Lipinski definition) is 6. The summed E-state index contributed by atoms with van der Waals surface area (Å²) < 4.78 is 15.0. The van der Waals surface area contributed by atoms with E-state index in [1.807, 2.05) is 31.7 Å². The Bertz CT molecular complexity index is 1400. The summed E-state index contributed by atoms with van der Waals surface area (Å²) in [7, 11) is 1.88. The molecule has 1 fully saturated rings. The molecule has 5 rings (SSSR count). The molecule has 11 heteroatoms. The zero-order chi connectivity index (χ0) is 26.0. The first kappa shape index (κ1) is 24.3. The number of nitrogens with one attached hydrogen (secondary N) is 2. The molecule has 0 bridgehead atoms. The van der Waals surface area contributed by atoms with Crippen LogP contribution in [-0.2, 0) is 12.6 Å². The third-order valence-corrected chi connectivity index (χ3v) is 6.62. The third-order valence-electron chi connectivity index (χ3n) is 6.62. The lowest BCUT2D eigenvalue weighted by Crippen LogP contribution is -2.49. The van der Waals surface area contributed by atoms with Crippen molar-refractivity contribution in [3.05, 3.63) is 84.0 Å². The number of piperazine rings is 1. The van der Waals surface area contributed by atoms with Crippen LogP contribution in [0.1, 0.15) is 23.7 Å². The number of aromatic nitrogens is 5. The Morgan fingerprint density at radius 2 is 1.78 bits per heavy atom. The molecule has 37 heavy (non-hydrogen) atoms. The number of benzene rings is 1. The Hall–Kier alpha value is -4.38. The van der Waals surface area contributed by atoms with Crippen LogP contribution in [0.4, 0.5) is 10.3 Å². The number of aromatic amines is 1. The van der Waals surface area contributed by atoms with Crippen LogP contribution in [-0.4, -0.2) is 73.1 Å². The van der Waals surface area contributed by atoms with Gasteiger partial charge in [-0.1, -0.05) is 12.1 Å². The number of anilines is 1. The monoisotopic (exact) mass is 501 g/mol. The summed E-state index contributed by atoms with van der Waals surface area (Å²) >= 11 is 0. The molecule has 1 saturated heterocycles. The molecule has 0 radical (unpaired) electrons. The van der Waals surface area contributed by atoms with Crippen molar-refractivity contribution in [3.63, 3.8) is 0 Å². The molecule has 0 spiro atoms. The van der Waals surface area contributed by atoms with Crippen molar-refractivity contribution >= 4 is 18.1 Å². The van der Waals surface area contributed by atoms with Gasteiger partial charge in [-0.2, -0.15) is 5.10 Å². The summed E-state index contributed by atoms with van der Waals surface area (Å²) in [6, 6.07) is 7.77. The average molecular weight is 502 g/mol. The van der Waals surface area contributed by atoms with E-state index >= 15 is 0 Å². The van der Waals surface area contributed by atoms with Crippen molar-refractivity contribution in [3.8, 4) is 11.1 Å². The fourth-order valence-corrected chi connectivity index (χ4v) is 4.44. The molecule has 0 aliphatic carbocycles. The predicted molar refractivity (Wildman–Crippen MR) is 139 cm³/mol. The van der Waals surface area contributed by atoms with Gasteiger partial charge in [0.2, 0.25) is 5.95 Å². The highest BCUT2D eigenvalue weighted by molar-refractivity contribution is 6.01. The van der Waals surface area contributed by atoms with Gasteiger partial charge in [-0.15, -0.1) is 0 Å². The standard InChI is InChI=1S/C26H28FN9O/c1-26(37,20-3-5-22(27)6-4-20)21-14-30-25(31-15-21)36-9-7-35(8-10-36)24(32-17-28)23-11-18(12-29-23)19-13-33-34(2)16-19/h3-6,11-17,28-29,37H,7-10H2,1-2H3. The Morgan fingerprint density at radius 1 is 1.08 bits per heavy atom. The molecule has 190 valence electrons. The Morgan fingerprint density at radius 3 is 2.41 bits per heavy atom. The summed E-state index contributed by atoms with van der Waals surface area (Å²) in [4.78, 5) is 20.8. The van der Waals surface area contributed by atoms with Crippen LogP contribution in [0.2, 0.25) is 0 Å². The minimum Gasteiger partial charge on any atom is -0.381 e. The van der Waals surface area contributed by atoms with Crippen molar-refractivity contribution in [2.24, 2.45) is 12.0 Å². The highest BCUT2D eigenvalue weighted by atomic mass is 19.1. The van der Waals surface area contributed by atoms with Gasteiger partial charge >= 0.3 is 0 Å². The maximum absolute atomic E-state index is 13.3. The highest BCUT2D eigenvalue weighted by Crippen LogP contribution is 2.29. The van der Waals surface area contributed by atoms with E-state index in [-0.39, 0.29) is 5.82 Å². The number of aryl methyl sites for hydroxylation is 1. The number of aliphatic hydroxyl groups is 1. The summed E-state index contributed by atoms with van der Waals surface area (Å²) in [5.41, 5.74) is 2.59. The van der Waals surface area contributed by atoms with E-state index in [1.54, 1.807) is 36.1 Å². The van der Waals surface area contributed by atoms with Crippen molar-refractivity contribution in [2.45, 2.75) is 12.5 Å². The van der Waals surface area contributed by atoms with Crippen LogP contribution in [0, 0.1) is 11.2 Å². The van der Waals surface area contributed by atoms with Crippen LogP contribution in [0.15, 0.2) is 66.3 Å². The fraction of sp³-hybridized carbons (Fsp3) is 0.269. The minimum absolute atomic E-state index is 0.357. The molecule has 1 aliphatic rings. The van der Waals surface area contributed by atoms with Crippen LogP contribution < -0.4 is 4.90 Å². The molecule has 0 saturated carbocycles. The van der Waals surface area contributed by atoms with Crippen molar-refractivity contribution in [1.29, 1.82) is 5.41 Å². The molecule has 3 N–H and O–H groups in total. The number of H-pyrrole nitrogens is 1. The minimum atomic E-state index is -1.34. The van der Waals surface area contributed by atoms with E-state index in [1.165, 1.54) is 12.1 Å². The van der Waals surface area contributed by atoms with Gasteiger partial charge in [0, 0.05) is 74.7 Å². The van der Waals surface area contributed by atoms with Gasteiger partial charge in [0.1, 0.15) is 17.8 Å². The molecular formula is C26H28FN9O. The van der Waals surface area contributed by atoms with Crippen molar-refractivity contribution in [2.75, 3.05) is 31.1 Å². The average Bonchev–Trinajstić information content (AvgIpc) is 3.57. The normalized spacial score (nSPS) is 16.1. The van der Waals surface area contributed by atoms with Crippen molar-refractivity contribution < 1.29 is 9.50 Å². The van der Waals surface area contributed by atoms with Crippen LogP contribution in [0.5, 0.6) is 0 Å². The smallest absolute Gasteiger partial charge is 0.225 e. The SMILES string of the molecule is Cn1cc(-c2c[nH]c(C(=NC=N)N3CCN(c4ncc(C(C)(O)c5ccc(F)cc5)cn4)CC3)c2)cn1. The maximum atomic E-state index is 13.3. The van der Waals surface area contributed by atoms with Gasteiger partial charge in [-0.3, -0.25) is 10.1 Å². The second kappa shape index (κ2) is 9.94. The topological polar surface area (TPSA) is 122 Å². The van der Waals surface area contributed by atoms with E-state index in [2.05, 4.69) is 34.8 Å². The second-order valence-electron chi connectivity index (χ2n) is 9.11. The first-order valence-corrected chi connectivity index (χ1v) is 11.9. The number of amidine groups is 1. The molecule has 1 atom stereocenters. The number of hydrogen-bond donors (Lipinski definition) is 3. The van der Waals surface area contributed by atoms with Gasteiger partial charge in [-0.05, 0) is 30.7 Å². The summed E-state index contributed by atoms with van der Waals surface area (Å²) in [5, 5.41) is 22.8. The summed E-state index contributed by atoms with van der Waals surface area (Å²) in [6.45, 7) is 4.32. The number of nitrogens with zero attached hydrogens (tertiary/aromatic N) is 7. The predicted octanol–water partition coefficient (Wildman–Crippen LogP) is 2.78. The van der Waals surface area contributed by atoms with E-state index in [4.69, 9.17) is 5.41 Å². The molecule has 1 aliphatic heterocycles. The lowest BCUT2D eigenvalue weighted by molar-refractivity contribution is 0.101. The quantitative estimate of drug-likeness (QED) is 0.276. The Kier molecular flexibility index (Phi) is 6.53. The molecule has 0 amide bonds. The van der Waals surface area contributed by atoms with Crippen LogP contribution >= 0.6 is 0 Å². The Balaban J connectivity index is 1.26. The molecule has 1 unspecified atom stereocenters. The lowest BCUT2D eigenvalue weighted by atomic mass is 9.90. The lowest BCUT2D eigenvalue weighted by Gasteiger charge is -2.36. The zero-order valence-electron chi connectivity index (χ0n) is 20.6. The summed E-state index contributed by atoms with van der Waals surface area (Å²) in [5.74, 6) is 0.920. The maximum Gasteiger partial charge on any atom is 0.225 e. The van der Waals surface area contributed by atoms with E-state index in [0.29, 0.717) is 49.1 Å². The molecule has 4 aromatic rings. The summed E-state index contributed by atoms with van der Waals surface area (Å²) in [6.07, 6.45) is 9.95. The molecule has 3 aromatic heterocycles. The molecule has 4 heterocycles. The van der Waals surface area contributed by atoms with Gasteiger partial charge in [0.05, 0.1) is 11.9 Å². The van der Waals surface area contributed by atoms with Gasteiger partial charge in [0.15, 0.2) is 5.84 Å². The van der Waals surface area contributed by atoms with Gasteiger partial charge in [-0.25, -0.2) is 19.4 Å². The van der Waals surface area contributed by atoms with Crippen molar-refractivity contribution in [1.82, 2.24) is 29.6 Å². The van der Waals surface area contributed by atoms with Crippen LogP contribution in [0.25, 0.3) is 11.1 Å². The van der Waals surface area contributed by atoms with Gasteiger partial charge < -0.3 is 19.9 Å². The first-order valence-electron chi connectivity index (χ1n) is 11.9. The number of aliphatic imine (C=N–C) groups is 1. The number of rotatable bonds is 6. The van der Waals surface area contributed by atoms with E-state index < -0.39 is 5.60 Å². The molecular weight excluding hydrogens is 473 g/mol. The second-order valence-corrected chi connectivity index (χ2v) is 9.11. The third kappa shape index (κ3) is 4.98. The molecule has 1 aromatic carbocycles. The van der Waals surface area contributed by atoms with Crippen LogP contribution in [0.3, 0.4) is 0 Å². The molecule has 10 nitrogen and oxygen atoms in total. The number of halogens is 1. The fourth-order valence-electron chi connectivity index (χ4n) is 4.44. The largest absolute Gasteiger partial charge is 0.381 e. The Labute approximate surface area is 213 Å². The first-order chi connectivity index (χ1) is 17.8.